The predicted octanol–water partition coefficient (Wildman–Crippen LogP) is -1.38. The molecule has 1 aliphatic heterocycles. The van der Waals surface area contributed by atoms with E-state index in [0.717, 1.165) is 24.2 Å². The Hall–Kier alpha value is -1.04. The van der Waals surface area contributed by atoms with Gasteiger partial charge in [0.1, 0.15) is 11.4 Å². The number of nitrogens with one attached hydrogen (secondary N) is 1. The van der Waals surface area contributed by atoms with E-state index in [-0.39, 0.29) is 47.1 Å². The maximum Gasteiger partial charge on any atom is 1.00 e. The van der Waals surface area contributed by atoms with Crippen LogP contribution >= 0.6 is 0 Å². The molecule has 1 aromatic carbocycles. The summed E-state index contributed by atoms with van der Waals surface area (Å²) >= 11 is 0. The van der Waals surface area contributed by atoms with E-state index >= 15 is 0 Å². The Kier molecular flexibility index (Phi) is 6.81. The Balaban J connectivity index is 0.00000243. The summed E-state index contributed by atoms with van der Waals surface area (Å²) in [4.78, 5) is 23.2. The normalized spacial score (nSPS) is 24.1. The molecule has 0 bridgehead atoms. The first-order valence-electron chi connectivity index (χ1n) is 9.07. The Bertz CT molecular complexity index is 688. The summed E-state index contributed by atoms with van der Waals surface area (Å²) in [6.07, 6.45) is 3.86. The van der Waals surface area contributed by atoms with Crippen LogP contribution in [-0.2, 0) is 22.4 Å². The molecule has 0 unspecified atom stereocenters. The van der Waals surface area contributed by atoms with E-state index in [2.05, 4.69) is 25.2 Å². The van der Waals surface area contributed by atoms with E-state index in [0.29, 0.717) is 19.3 Å². The van der Waals surface area contributed by atoms with Crippen LogP contribution in [0.5, 0.6) is 5.75 Å². The van der Waals surface area contributed by atoms with Crippen molar-refractivity contribution in [1.82, 2.24) is 5.32 Å². The third-order valence-corrected chi connectivity index (χ3v) is 5.35. The van der Waals surface area contributed by atoms with E-state index in [1.807, 2.05) is 19.1 Å². The number of hydrogen-bond acceptors (Lipinski definition) is 4. The van der Waals surface area contributed by atoms with Crippen molar-refractivity contribution >= 4 is 11.9 Å². The van der Waals surface area contributed by atoms with Gasteiger partial charge in [-0.25, -0.2) is 0 Å². The molecule has 2 aliphatic rings. The Morgan fingerprint density at radius 3 is 2.62 bits per heavy atom. The van der Waals surface area contributed by atoms with Crippen LogP contribution in [0.25, 0.3) is 0 Å². The van der Waals surface area contributed by atoms with E-state index in [1.54, 1.807) is 0 Å². The summed E-state index contributed by atoms with van der Waals surface area (Å²) in [6.45, 7) is 6.15. The van der Waals surface area contributed by atoms with Crippen LogP contribution < -0.4 is 44.7 Å². The molecule has 136 valence electrons. The fraction of sp³-hybridized carbons (Fsp3) is 0.600. The van der Waals surface area contributed by atoms with Crippen molar-refractivity contribution in [2.45, 2.75) is 64.5 Å². The van der Waals surface area contributed by atoms with Gasteiger partial charge in [0.25, 0.3) is 0 Å². The number of carboxylic acid groups (broad SMARTS) is 1. The SMILES string of the molecule is C[C@H](Cc1ccc2c(c1)CCC(C)(C)O2)NC(=O)[C@@H]1CC[C@@H]1C(=O)[O-].[Na+]. The molecule has 1 aromatic rings. The third kappa shape index (κ3) is 4.81. The average molecular weight is 367 g/mol. The second-order valence-corrected chi connectivity index (χ2v) is 8.03. The van der Waals surface area contributed by atoms with Gasteiger partial charge in [-0.15, -0.1) is 0 Å². The topological polar surface area (TPSA) is 78.5 Å². The predicted molar refractivity (Wildman–Crippen MR) is 92.0 cm³/mol. The summed E-state index contributed by atoms with van der Waals surface area (Å²) in [5, 5.41) is 13.9. The quantitative estimate of drug-likeness (QED) is 0.651. The van der Waals surface area contributed by atoms with Gasteiger partial charge in [0, 0.05) is 23.8 Å². The van der Waals surface area contributed by atoms with Gasteiger partial charge in [-0.3, -0.25) is 4.79 Å². The second kappa shape index (κ2) is 8.32. The zero-order chi connectivity index (χ0) is 18.2. The monoisotopic (exact) mass is 367 g/mol. The molecule has 1 aliphatic carbocycles. The maximum atomic E-state index is 12.2. The summed E-state index contributed by atoms with van der Waals surface area (Å²) in [6, 6.07) is 6.16. The zero-order valence-corrected chi connectivity index (χ0v) is 18.1. The molecule has 0 aromatic heterocycles. The molecular weight excluding hydrogens is 341 g/mol. The number of ether oxygens (including phenoxy) is 1. The first-order valence-corrected chi connectivity index (χ1v) is 9.07. The largest absolute Gasteiger partial charge is 1.00 e. The summed E-state index contributed by atoms with van der Waals surface area (Å²) in [5.41, 5.74) is 2.25. The molecule has 1 N–H and O–H groups in total. The number of hydrogen-bond donors (Lipinski definition) is 1. The first-order chi connectivity index (χ1) is 11.7. The van der Waals surface area contributed by atoms with Gasteiger partial charge in [-0.05, 0) is 70.1 Å². The fourth-order valence-corrected chi connectivity index (χ4v) is 3.69. The number of aryl methyl sites for hydroxylation is 1. The van der Waals surface area contributed by atoms with Crippen molar-refractivity contribution in [2.75, 3.05) is 0 Å². The summed E-state index contributed by atoms with van der Waals surface area (Å²) in [7, 11) is 0. The van der Waals surface area contributed by atoms with Crippen LogP contribution in [0.3, 0.4) is 0 Å². The van der Waals surface area contributed by atoms with Crippen molar-refractivity contribution in [3.8, 4) is 5.75 Å². The van der Waals surface area contributed by atoms with Gasteiger partial charge in [-0.2, -0.15) is 0 Å². The minimum absolute atomic E-state index is 0. The number of benzene rings is 1. The molecule has 26 heavy (non-hydrogen) atoms. The number of carboxylic acids is 1. The van der Waals surface area contributed by atoms with Crippen molar-refractivity contribution < 1.29 is 49.0 Å². The molecule has 1 saturated carbocycles. The molecule has 5 nitrogen and oxygen atoms in total. The number of carbonyl (C=O) groups is 2. The molecule has 0 saturated heterocycles. The molecule has 1 amide bonds. The zero-order valence-electron chi connectivity index (χ0n) is 16.1. The standard InChI is InChI=1S/C20H27NO4.Na/c1-12(21-18(22)15-5-6-16(15)19(23)24)10-13-4-7-17-14(11-13)8-9-20(2,3)25-17;/h4,7,11-12,15-16H,5-6,8-10H2,1-3H3,(H,21,22)(H,23,24);/q;+1/p-1/t12-,15-,16+;/m1./s1. The molecular formula is C20H26NNaO4. The molecule has 3 rings (SSSR count). The van der Waals surface area contributed by atoms with Crippen molar-refractivity contribution in [3.63, 3.8) is 0 Å². The molecule has 3 atom stereocenters. The van der Waals surface area contributed by atoms with Gasteiger partial charge in [0.05, 0.1) is 0 Å². The minimum atomic E-state index is -1.11. The minimum Gasteiger partial charge on any atom is -0.550 e. The first kappa shape index (κ1) is 21.3. The third-order valence-electron chi connectivity index (χ3n) is 5.35. The number of amides is 1. The number of rotatable bonds is 5. The van der Waals surface area contributed by atoms with Crippen molar-refractivity contribution in [2.24, 2.45) is 11.8 Å². The number of aliphatic carboxylic acids is 1. The Labute approximate surface area is 177 Å². The van der Waals surface area contributed by atoms with Crippen molar-refractivity contribution in [1.29, 1.82) is 0 Å². The molecule has 6 heteroatoms. The number of fused-ring (bicyclic) bond motifs is 1. The second-order valence-electron chi connectivity index (χ2n) is 8.03. The van der Waals surface area contributed by atoms with E-state index in [9.17, 15) is 14.7 Å². The van der Waals surface area contributed by atoms with Crippen LogP contribution in [0.15, 0.2) is 18.2 Å². The molecule has 0 radical (unpaired) electrons. The molecule has 1 heterocycles. The summed E-state index contributed by atoms with van der Waals surface area (Å²) in [5.74, 6) is -1.40. The van der Waals surface area contributed by atoms with Crippen molar-refractivity contribution in [3.05, 3.63) is 29.3 Å². The van der Waals surface area contributed by atoms with Crippen LogP contribution in [0.1, 0.15) is 51.2 Å². The maximum absolute atomic E-state index is 12.2. The van der Waals surface area contributed by atoms with Gasteiger partial charge in [0.15, 0.2) is 0 Å². The smallest absolute Gasteiger partial charge is 0.550 e. The average Bonchev–Trinajstić information content (AvgIpc) is 2.44. The van der Waals surface area contributed by atoms with E-state index in [4.69, 9.17) is 4.74 Å². The number of carbonyl (C=O) groups excluding carboxylic acids is 2. The van der Waals surface area contributed by atoms with E-state index < -0.39 is 17.8 Å². The van der Waals surface area contributed by atoms with Crippen LogP contribution in [0.4, 0.5) is 0 Å². The molecule has 0 spiro atoms. The Morgan fingerprint density at radius 1 is 1.31 bits per heavy atom. The molecule has 1 fully saturated rings. The van der Waals surface area contributed by atoms with Gasteiger partial charge >= 0.3 is 29.6 Å². The fourth-order valence-electron chi connectivity index (χ4n) is 3.69. The van der Waals surface area contributed by atoms with Crippen LogP contribution in [0, 0.1) is 11.8 Å². The van der Waals surface area contributed by atoms with Gasteiger partial charge < -0.3 is 20.0 Å². The Morgan fingerprint density at radius 2 is 2.00 bits per heavy atom. The van der Waals surface area contributed by atoms with Crippen LogP contribution in [0.2, 0.25) is 0 Å². The summed E-state index contributed by atoms with van der Waals surface area (Å²) < 4.78 is 6.00. The van der Waals surface area contributed by atoms with Crippen LogP contribution in [-0.4, -0.2) is 23.5 Å². The van der Waals surface area contributed by atoms with E-state index in [1.165, 1.54) is 5.56 Å². The van der Waals surface area contributed by atoms with Gasteiger partial charge in [-0.1, -0.05) is 12.1 Å². The van der Waals surface area contributed by atoms with Gasteiger partial charge in [0.2, 0.25) is 5.91 Å².